The summed E-state index contributed by atoms with van der Waals surface area (Å²) in [7, 11) is 0. The van der Waals surface area contributed by atoms with Gasteiger partial charge in [-0.25, -0.2) is 4.39 Å². The molecule has 2 rings (SSSR count). The Kier molecular flexibility index (Phi) is 5.30. The average Bonchev–Trinajstić information content (AvgIpc) is 2.43. The second-order valence-corrected chi connectivity index (χ2v) is 5.20. The standard InChI is InChI=1S/C16H20FNO2/c17-15-6-2-1-4-12(15)5-3-7-16(20)18-13-8-10-14(19)11-9-13/h1-6,13-14,19H,7-11H2,(H,18,20). The number of hydrogen-bond acceptors (Lipinski definition) is 2. The Bertz CT molecular complexity index is 479. The van der Waals surface area contributed by atoms with Gasteiger partial charge in [-0.05, 0) is 31.7 Å². The van der Waals surface area contributed by atoms with E-state index in [2.05, 4.69) is 5.32 Å². The second-order valence-electron chi connectivity index (χ2n) is 5.20. The van der Waals surface area contributed by atoms with Crippen LogP contribution in [0.25, 0.3) is 6.08 Å². The van der Waals surface area contributed by atoms with Crippen molar-refractivity contribution in [3.05, 3.63) is 41.7 Å². The maximum absolute atomic E-state index is 13.3. The molecular weight excluding hydrogens is 257 g/mol. The van der Waals surface area contributed by atoms with Crippen molar-refractivity contribution in [1.29, 1.82) is 0 Å². The molecule has 1 amide bonds. The molecule has 2 N–H and O–H groups in total. The topological polar surface area (TPSA) is 49.3 Å². The van der Waals surface area contributed by atoms with E-state index in [4.69, 9.17) is 0 Å². The lowest BCUT2D eigenvalue weighted by molar-refractivity contribution is -0.121. The summed E-state index contributed by atoms with van der Waals surface area (Å²) in [6, 6.07) is 6.62. The summed E-state index contributed by atoms with van der Waals surface area (Å²) in [5.74, 6) is -0.343. The summed E-state index contributed by atoms with van der Waals surface area (Å²) in [6.07, 6.45) is 6.46. The van der Waals surface area contributed by atoms with Crippen molar-refractivity contribution >= 4 is 12.0 Å². The molecule has 3 nitrogen and oxygen atoms in total. The van der Waals surface area contributed by atoms with Gasteiger partial charge in [0.25, 0.3) is 0 Å². The number of nitrogens with one attached hydrogen (secondary N) is 1. The summed E-state index contributed by atoms with van der Waals surface area (Å²) >= 11 is 0. The van der Waals surface area contributed by atoms with E-state index in [1.165, 1.54) is 6.07 Å². The van der Waals surface area contributed by atoms with Gasteiger partial charge in [-0.15, -0.1) is 0 Å². The normalized spacial score (nSPS) is 22.9. The number of aliphatic hydroxyl groups is 1. The van der Waals surface area contributed by atoms with E-state index < -0.39 is 0 Å². The minimum absolute atomic E-state index is 0.0565. The Balaban J connectivity index is 1.76. The van der Waals surface area contributed by atoms with Crippen LogP contribution in [0.1, 0.15) is 37.7 Å². The highest BCUT2D eigenvalue weighted by molar-refractivity contribution is 5.78. The maximum Gasteiger partial charge on any atom is 0.224 e. The second kappa shape index (κ2) is 7.20. The van der Waals surface area contributed by atoms with Gasteiger partial charge in [0.05, 0.1) is 6.10 Å². The van der Waals surface area contributed by atoms with Crippen LogP contribution in [-0.2, 0) is 4.79 Å². The van der Waals surface area contributed by atoms with Gasteiger partial charge in [0.15, 0.2) is 0 Å². The molecule has 1 fully saturated rings. The molecule has 1 aliphatic carbocycles. The maximum atomic E-state index is 13.3. The van der Waals surface area contributed by atoms with Crippen molar-refractivity contribution in [2.45, 2.75) is 44.2 Å². The fourth-order valence-corrected chi connectivity index (χ4v) is 2.41. The first-order valence-corrected chi connectivity index (χ1v) is 7.03. The summed E-state index contributed by atoms with van der Waals surface area (Å²) in [6.45, 7) is 0. The van der Waals surface area contributed by atoms with Crippen molar-refractivity contribution in [1.82, 2.24) is 5.32 Å². The SMILES string of the molecule is O=C(CC=Cc1ccccc1F)NC1CCC(O)CC1. The molecule has 0 heterocycles. The monoisotopic (exact) mass is 277 g/mol. The number of halogens is 1. The third-order valence-corrected chi connectivity index (χ3v) is 3.57. The average molecular weight is 277 g/mol. The number of benzene rings is 1. The molecule has 1 aromatic carbocycles. The zero-order valence-electron chi connectivity index (χ0n) is 11.4. The Morgan fingerprint density at radius 2 is 2.00 bits per heavy atom. The first-order chi connectivity index (χ1) is 9.65. The molecule has 0 saturated heterocycles. The third kappa shape index (κ3) is 4.46. The van der Waals surface area contributed by atoms with Crippen LogP contribution in [0.3, 0.4) is 0 Å². The highest BCUT2D eigenvalue weighted by atomic mass is 19.1. The zero-order valence-corrected chi connectivity index (χ0v) is 11.4. The molecule has 1 aromatic rings. The minimum Gasteiger partial charge on any atom is -0.393 e. The number of rotatable bonds is 4. The van der Waals surface area contributed by atoms with E-state index in [0.29, 0.717) is 5.56 Å². The number of carbonyl (C=O) groups excluding carboxylic acids is 1. The molecule has 1 saturated carbocycles. The van der Waals surface area contributed by atoms with Gasteiger partial charge < -0.3 is 10.4 Å². The Morgan fingerprint density at radius 3 is 2.70 bits per heavy atom. The highest BCUT2D eigenvalue weighted by Gasteiger charge is 2.20. The number of amides is 1. The molecule has 1 aliphatic rings. The summed E-state index contributed by atoms with van der Waals surface area (Å²) in [5.41, 5.74) is 0.487. The summed E-state index contributed by atoms with van der Waals surface area (Å²) < 4.78 is 13.3. The van der Waals surface area contributed by atoms with E-state index in [1.54, 1.807) is 30.4 Å². The molecule has 4 heteroatoms. The van der Waals surface area contributed by atoms with E-state index in [9.17, 15) is 14.3 Å². The van der Waals surface area contributed by atoms with Crippen molar-refractivity contribution in [3.8, 4) is 0 Å². The predicted octanol–water partition coefficient (Wildman–Crippen LogP) is 2.65. The third-order valence-electron chi connectivity index (χ3n) is 3.57. The highest BCUT2D eigenvalue weighted by Crippen LogP contribution is 2.18. The van der Waals surface area contributed by atoms with Crippen LogP contribution in [0, 0.1) is 5.82 Å². The van der Waals surface area contributed by atoms with Crippen LogP contribution in [0.5, 0.6) is 0 Å². The minimum atomic E-state index is -0.287. The van der Waals surface area contributed by atoms with E-state index in [1.807, 2.05) is 0 Å². The molecule has 0 unspecified atom stereocenters. The van der Waals surface area contributed by atoms with Crippen LogP contribution in [0.15, 0.2) is 30.3 Å². The van der Waals surface area contributed by atoms with Crippen LogP contribution in [0.2, 0.25) is 0 Å². The van der Waals surface area contributed by atoms with Crippen molar-refractivity contribution in [3.63, 3.8) is 0 Å². The molecule has 0 bridgehead atoms. The Hall–Kier alpha value is -1.68. The lowest BCUT2D eigenvalue weighted by Crippen LogP contribution is -2.38. The van der Waals surface area contributed by atoms with Crippen LogP contribution in [-0.4, -0.2) is 23.2 Å². The summed E-state index contributed by atoms with van der Waals surface area (Å²) in [4.78, 5) is 11.7. The number of hydrogen-bond donors (Lipinski definition) is 2. The van der Waals surface area contributed by atoms with Gasteiger partial charge >= 0.3 is 0 Å². The number of carbonyl (C=O) groups is 1. The van der Waals surface area contributed by atoms with E-state index in [-0.39, 0.29) is 30.3 Å². The lowest BCUT2D eigenvalue weighted by atomic mass is 9.93. The van der Waals surface area contributed by atoms with Crippen LogP contribution in [0.4, 0.5) is 4.39 Å². The van der Waals surface area contributed by atoms with E-state index in [0.717, 1.165) is 25.7 Å². The first kappa shape index (κ1) is 14.7. The molecule has 0 aromatic heterocycles. The molecule has 0 atom stereocenters. The van der Waals surface area contributed by atoms with Gasteiger partial charge in [0.1, 0.15) is 5.82 Å². The fourth-order valence-electron chi connectivity index (χ4n) is 2.41. The summed E-state index contributed by atoms with van der Waals surface area (Å²) in [5, 5.41) is 12.3. The van der Waals surface area contributed by atoms with Crippen molar-refractivity contribution in [2.24, 2.45) is 0 Å². The molecule has 20 heavy (non-hydrogen) atoms. The van der Waals surface area contributed by atoms with Crippen LogP contribution < -0.4 is 5.32 Å². The van der Waals surface area contributed by atoms with Crippen LogP contribution >= 0.6 is 0 Å². The van der Waals surface area contributed by atoms with Gasteiger partial charge in [-0.1, -0.05) is 30.4 Å². The van der Waals surface area contributed by atoms with E-state index >= 15 is 0 Å². The van der Waals surface area contributed by atoms with Gasteiger partial charge in [0, 0.05) is 18.0 Å². The van der Waals surface area contributed by atoms with Crippen molar-refractivity contribution < 1.29 is 14.3 Å². The lowest BCUT2D eigenvalue weighted by Gasteiger charge is -2.25. The molecule has 0 spiro atoms. The molecule has 0 aliphatic heterocycles. The van der Waals surface area contributed by atoms with Gasteiger partial charge in [-0.2, -0.15) is 0 Å². The zero-order chi connectivity index (χ0) is 14.4. The Morgan fingerprint density at radius 1 is 1.30 bits per heavy atom. The Labute approximate surface area is 118 Å². The molecular formula is C16H20FNO2. The molecule has 108 valence electrons. The smallest absolute Gasteiger partial charge is 0.224 e. The molecule has 0 radical (unpaired) electrons. The fraction of sp³-hybridized carbons (Fsp3) is 0.438. The van der Waals surface area contributed by atoms with Crippen molar-refractivity contribution in [2.75, 3.05) is 0 Å². The van der Waals surface area contributed by atoms with Gasteiger partial charge in [-0.3, -0.25) is 4.79 Å². The van der Waals surface area contributed by atoms with Gasteiger partial charge in [0.2, 0.25) is 5.91 Å². The quantitative estimate of drug-likeness (QED) is 0.889. The largest absolute Gasteiger partial charge is 0.393 e. The number of aliphatic hydroxyl groups excluding tert-OH is 1. The predicted molar refractivity (Wildman–Crippen MR) is 76.5 cm³/mol. The first-order valence-electron chi connectivity index (χ1n) is 7.03.